The van der Waals surface area contributed by atoms with Gasteiger partial charge in [-0.25, -0.2) is 14.7 Å². The number of pyridine rings is 1. The summed E-state index contributed by atoms with van der Waals surface area (Å²) >= 11 is 0. The van der Waals surface area contributed by atoms with E-state index in [0.29, 0.717) is 16.7 Å². The Morgan fingerprint density at radius 3 is 2.69 bits per heavy atom. The molecule has 3 heterocycles. The van der Waals surface area contributed by atoms with Crippen LogP contribution in [0.25, 0.3) is 11.0 Å². The molecule has 1 aliphatic heterocycles. The van der Waals surface area contributed by atoms with Gasteiger partial charge in [0, 0.05) is 18.3 Å². The number of aliphatic imine (C=N–C) groups is 1. The van der Waals surface area contributed by atoms with Crippen molar-refractivity contribution in [2.24, 2.45) is 10.9 Å². The predicted octanol–water partition coefficient (Wildman–Crippen LogP) is 1.33. The van der Waals surface area contributed by atoms with Crippen molar-refractivity contribution in [1.29, 1.82) is 0 Å². The Kier molecular flexibility index (Phi) is 5.90. The van der Waals surface area contributed by atoms with Gasteiger partial charge in [0.15, 0.2) is 5.65 Å². The summed E-state index contributed by atoms with van der Waals surface area (Å²) in [6.07, 6.45) is 2.16. The Hall–Kier alpha value is -2.91. The Balaban J connectivity index is 1.93. The lowest BCUT2D eigenvalue weighted by atomic mass is 9.95. The van der Waals surface area contributed by atoms with Gasteiger partial charge in [-0.05, 0) is 39.8 Å². The summed E-state index contributed by atoms with van der Waals surface area (Å²) in [6, 6.07) is 1.43. The lowest BCUT2D eigenvalue weighted by molar-refractivity contribution is -0.120. The maximum atomic E-state index is 12.9. The van der Waals surface area contributed by atoms with Gasteiger partial charge in [0.25, 0.3) is 11.8 Å². The maximum absolute atomic E-state index is 12.9. The second kappa shape index (κ2) is 8.22. The number of nitrogens with zero attached hydrogens (tertiary/aromatic N) is 4. The van der Waals surface area contributed by atoms with E-state index in [9.17, 15) is 19.8 Å². The third-order valence-electron chi connectivity index (χ3n) is 4.87. The molecule has 2 amide bonds. The van der Waals surface area contributed by atoms with Crippen LogP contribution in [0, 0.1) is 5.92 Å². The molecule has 9 heteroatoms. The Morgan fingerprint density at radius 2 is 2.07 bits per heavy atom. The van der Waals surface area contributed by atoms with E-state index < -0.39 is 24.5 Å². The van der Waals surface area contributed by atoms with E-state index in [1.807, 2.05) is 26.8 Å². The molecule has 0 saturated carbocycles. The largest absolute Gasteiger partial charge is 0.393 e. The van der Waals surface area contributed by atoms with Gasteiger partial charge >= 0.3 is 0 Å². The van der Waals surface area contributed by atoms with E-state index >= 15 is 0 Å². The van der Waals surface area contributed by atoms with Crippen LogP contribution in [0.1, 0.15) is 55.9 Å². The highest BCUT2D eigenvalue weighted by Crippen LogP contribution is 2.24. The highest BCUT2D eigenvalue weighted by Gasteiger charge is 2.25. The molecule has 1 aliphatic rings. The minimum atomic E-state index is -1.22. The normalized spacial score (nSPS) is 18.0. The van der Waals surface area contributed by atoms with Crippen molar-refractivity contribution in [1.82, 2.24) is 20.1 Å². The zero-order valence-electron chi connectivity index (χ0n) is 16.9. The molecule has 0 aliphatic carbocycles. The van der Waals surface area contributed by atoms with E-state index in [-0.39, 0.29) is 29.8 Å². The van der Waals surface area contributed by atoms with Gasteiger partial charge in [-0.15, -0.1) is 0 Å². The molecule has 0 fully saturated rings. The summed E-state index contributed by atoms with van der Waals surface area (Å²) in [5, 5.41) is 27.0. The Morgan fingerprint density at radius 1 is 1.34 bits per heavy atom. The van der Waals surface area contributed by atoms with Crippen LogP contribution in [0.2, 0.25) is 0 Å². The summed E-state index contributed by atoms with van der Waals surface area (Å²) in [7, 11) is 0. The molecule has 9 nitrogen and oxygen atoms in total. The third kappa shape index (κ3) is 4.10. The quantitative estimate of drug-likeness (QED) is 0.672. The Bertz CT molecular complexity index is 1020. The Labute approximate surface area is 168 Å². The fourth-order valence-electron chi connectivity index (χ4n) is 3.31. The molecule has 2 unspecified atom stereocenters. The number of hydrogen-bond donors (Lipinski definition) is 3. The fraction of sp³-hybridized carbons (Fsp3) is 0.450. The second-order valence-electron chi connectivity index (χ2n) is 7.46. The standard InChI is InChI=1S/C20H25N5O4/c1-10(2)25-18-15(8-22-25)13(6-16(24-18)17(27)9-26)19(28)21-7-14-11(3)5-12(4)23-20(14)29/h5-6,8,10,14,17,26-27H,7,9H2,1-4H3,(H,21,28). The number of aromatic nitrogens is 3. The lowest BCUT2D eigenvalue weighted by Gasteiger charge is -2.19. The van der Waals surface area contributed by atoms with Crippen LogP contribution >= 0.6 is 0 Å². The number of aliphatic hydroxyl groups is 2. The van der Waals surface area contributed by atoms with Crippen LogP contribution in [0.15, 0.2) is 28.9 Å². The lowest BCUT2D eigenvalue weighted by Crippen LogP contribution is -2.34. The topological polar surface area (TPSA) is 130 Å². The summed E-state index contributed by atoms with van der Waals surface area (Å²) in [5.41, 5.74) is 2.38. The smallest absolute Gasteiger partial charge is 0.254 e. The average Bonchev–Trinajstić information content (AvgIpc) is 3.09. The van der Waals surface area contributed by atoms with Crippen molar-refractivity contribution < 1.29 is 19.8 Å². The molecule has 3 N–H and O–H groups in total. The van der Waals surface area contributed by atoms with E-state index in [4.69, 9.17) is 0 Å². The molecular weight excluding hydrogens is 374 g/mol. The first-order valence-corrected chi connectivity index (χ1v) is 9.45. The fourth-order valence-corrected chi connectivity index (χ4v) is 3.31. The minimum Gasteiger partial charge on any atom is -0.393 e. The minimum absolute atomic E-state index is 0.00817. The number of dihydropyridines is 1. The number of rotatable bonds is 6. The number of allylic oxidation sites excluding steroid dienone is 1. The molecule has 0 spiro atoms. The van der Waals surface area contributed by atoms with Crippen molar-refractivity contribution in [3.8, 4) is 0 Å². The van der Waals surface area contributed by atoms with E-state index in [0.717, 1.165) is 5.57 Å². The van der Waals surface area contributed by atoms with Gasteiger partial charge in [-0.3, -0.25) is 9.59 Å². The number of amides is 2. The van der Waals surface area contributed by atoms with E-state index in [1.54, 1.807) is 17.8 Å². The molecule has 29 heavy (non-hydrogen) atoms. The number of nitrogens with one attached hydrogen (secondary N) is 1. The van der Waals surface area contributed by atoms with Crippen LogP contribution in [0.5, 0.6) is 0 Å². The van der Waals surface area contributed by atoms with Crippen molar-refractivity contribution >= 4 is 28.6 Å². The zero-order valence-corrected chi connectivity index (χ0v) is 16.9. The molecule has 0 saturated heterocycles. The molecule has 0 bridgehead atoms. The van der Waals surface area contributed by atoms with Gasteiger partial charge in [-0.1, -0.05) is 5.57 Å². The first-order valence-electron chi connectivity index (χ1n) is 9.45. The first kappa shape index (κ1) is 20.8. The van der Waals surface area contributed by atoms with Gasteiger partial charge in [0.05, 0.1) is 35.4 Å². The van der Waals surface area contributed by atoms with Crippen LogP contribution in [-0.4, -0.2) is 55.7 Å². The number of aliphatic hydroxyl groups excluding tert-OH is 2. The van der Waals surface area contributed by atoms with Crippen LogP contribution in [-0.2, 0) is 4.79 Å². The molecule has 2 aromatic rings. The molecular formula is C20H25N5O4. The summed E-state index contributed by atoms with van der Waals surface area (Å²) in [6.45, 7) is 7.03. The monoisotopic (exact) mass is 399 g/mol. The highest BCUT2D eigenvalue weighted by atomic mass is 16.3. The second-order valence-corrected chi connectivity index (χ2v) is 7.46. The maximum Gasteiger partial charge on any atom is 0.254 e. The van der Waals surface area contributed by atoms with Crippen molar-refractivity contribution in [2.45, 2.75) is 39.8 Å². The predicted molar refractivity (Wildman–Crippen MR) is 108 cm³/mol. The van der Waals surface area contributed by atoms with Crippen molar-refractivity contribution in [3.63, 3.8) is 0 Å². The highest BCUT2D eigenvalue weighted by molar-refractivity contribution is 6.07. The molecule has 154 valence electrons. The van der Waals surface area contributed by atoms with Crippen LogP contribution in [0.4, 0.5) is 0 Å². The zero-order chi connectivity index (χ0) is 21.3. The SMILES string of the molecule is CC1=CC(C)=NC(=O)C1CNC(=O)c1cc(C(O)CO)nc2c1cnn2C(C)C. The number of carbonyl (C=O) groups excluding carboxylic acids is 2. The summed E-state index contributed by atoms with van der Waals surface area (Å²) in [4.78, 5) is 33.4. The van der Waals surface area contributed by atoms with Crippen LogP contribution < -0.4 is 5.32 Å². The van der Waals surface area contributed by atoms with E-state index in [2.05, 4.69) is 20.4 Å². The number of hydrogen-bond acceptors (Lipinski definition) is 6. The molecule has 2 atom stereocenters. The molecule has 0 radical (unpaired) electrons. The van der Waals surface area contributed by atoms with Gasteiger partial charge in [0.2, 0.25) is 0 Å². The van der Waals surface area contributed by atoms with Crippen molar-refractivity contribution in [2.75, 3.05) is 13.2 Å². The molecule has 0 aromatic carbocycles. The summed E-state index contributed by atoms with van der Waals surface area (Å²) < 4.78 is 1.65. The number of carbonyl (C=O) groups is 2. The molecule has 2 aromatic heterocycles. The third-order valence-corrected chi connectivity index (χ3v) is 4.87. The van der Waals surface area contributed by atoms with Gasteiger partial charge in [-0.2, -0.15) is 5.10 Å². The van der Waals surface area contributed by atoms with E-state index in [1.165, 1.54) is 6.07 Å². The summed E-state index contributed by atoms with van der Waals surface area (Å²) in [5.74, 6) is -1.22. The molecule has 3 rings (SSSR count). The first-order chi connectivity index (χ1) is 13.7. The van der Waals surface area contributed by atoms with Crippen LogP contribution in [0.3, 0.4) is 0 Å². The van der Waals surface area contributed by atoms with Gasteiger partial charge < -0.3 is 15.5 Å². The van der Waals surface area contributed by atoms with Gasteiger partial charge in [0.1, 0.15) is 6.10 Å². The average molecular weight is 399 g/mol. The van der Waals surface area contributed by atoms with Crippen molar-refractivity contribution in [3.05, 3.63) is 35.2 Å². The number of fused-ring (bicyclic) bond motifs is 1.